The number of aromatic nitrogens is 1. The monoisotopic (exact) mass is 460 g/mol. The van der Waals surface area contributed by atoms with Crippen molar-refractivity contribution in [1.82, 2.24) is 7.28 Å². The van der Waals surface area contributed by atoms with Crippen LogP contribution in [0.5, 0.6) is 0 Å². The second kappa shape index (κ2) is 4.87. The molecule has 1 fully saturated rings. The summed E-state index contributed by atoms with van der Waals surface area (Å²) >= 11 is 0.697. The SMILES string of the molecule is [B]c1ccc2c(c1)cc(C(=O)[N](C)[Pb])n2C1(CN)CC1. The molecule has 5 radical (unpaired) electrons. The molecule has 1 aromatic carbocycles. The van der Waals surface area contributed by atoms with Crippen molar-refractivity contribution in [3.05, 3.63) is 30.0 Å². The van der Waals surface area contributed by atoms with Crippen molar-refractivity contribution in [2.45, 2.75) is 18.4 Å². The molecule has 0 atom stereocenters. The van der Waals surface area contributed by atoms with Crippen LogP contribution in [0.1, 0.15) is 23.3 Å². The van der Waals surface area contributed by atoms with Crippen molar-refractivity contribution >= 4 is 56.2 Å². The summed E-state index contributed by atoms with van der Waals surface area (Å²) in [7, 11) is 7.68. The molecular formula is C14H15BN3OPb. The van der Waals surface area contributed by atoms with Gasteiger partial charge in [-0.3, -0.25) is 0 Å². The number of rotatable bonds is 3. The average molecular weight is 459 g/mol. The molecule has 1 heterocycles. The summed E-state index contributed by atoms with van der Waals surface area (Å²) in [6, 6.07) is 7.73. The van der Waals surface area contributed by atoms with Crippen molar-refractivity contribution in [2.24, 2.45) is 5.73 Å². The van der Waals surface area contributed by atoms with Crippen LogP contribution in [0.2, 0.25) is 0 Å². The van der Waals surface area contributed by atoms with Gasteiger partial charge < -0.3 is 0 Å². The average Bonchev–Trinajstić information content (AvgIpc) is 3.12. The first kappa shape index (κ1) is 14.1. The molecule has 0 spiro atoms. The zero-order chi connectivity index (χ0) is 14.5. The summed E-state index contributed by atoms with van der Waals surface area (Å²) in [4.78, 5) is 12.5. The van der Waals surface area contributed by atoms with Crippen LogP contribution in [0.25, 0.3) is 10.9 Å². The van der Waals surface area contributed by atoms with Crippen LogP contribution >= 0.6 is 0 Å². The molecule has 99 valence electrons. The second-order valence-electron chi connectivity index (χ2n) is 5.48. The molecular weight excluding hydrogens is 444 g/mol. The van der Waals surface area contributed by atoms with Gasteiger partial charge in [-0.25, -0.2) is 0 Å². The maximum atomic E-state index is 12.5. The summed E-state index contributed by atoms with van der Waals surface area (Å²) in [6.45, 7) is 0.562. The minimum absolute atomic E-state index is 0.0613. The van der Waals surface area contributed by atoms with Gasteiger partial charge in [0.25, 0.3) is 0 Å². The predicted octanol–water partition coefficient (Wildman–Crippen LogP) is 0.0384. The quantitative estimate of drug-likeness (QED) is 0.660. The fourth-order valence-corrected chi connectivity index (χ4v) is 3.18. The third kappa shape index (κ3) is 2.11. The molecule has 1 aromatic heterocycles. The van der Waals surface area contributed by atoms with Crippen molar-refractivity contribution in [2.75, 3.05) is 13.6 Å². The molecule has 1 saturated carbocycles. The molecule has 1 amide bonds. The Morgan fingerprint density at radius 3 is 2.75 bits per heavy atom. The van der Waals surface area contributed by atoms with Gasteiger partial charge in [-0.15, -0.1) is 0 Å². The van der Waals surface area contributed by atoms with Crippen LogP contribution in [-0.4, -0.2) is 60.7 Å². The van der Waals surface area contributed by atoms with Gasteiger partial charge in [-0.05, 0) is 0 Å². The number of hydrogen-bond donors (Lipinski definition) is 1. The standard InChI is InChI=1S/C14H16BN3O.Pb/c1-17-13(19)12-7-9-6-10(15)2-3-11(9)18(12)14(8-16)4-5-14;/h2-3,6-7H,4-5,8,16H2,1H3,(H,17,19);/q;+1/p-1. The van der Waals surface area contributed by atoms with Crippen molar-refractivity contribution in [1.29, 1.82) is 0 Å². The molecule has 0 unspecified atom stereocenters. The number of nitrogens with two attached hydrogens (primary N) is 1. The van der Waals surface area contributed by atoms with Crippen LogP contribution in [0.4, 0.5) is 0 Å². The summed E-state index contributed by atoms with van der Waals surface area (Å²) in [5, 5.41) is 1.01. The fraction of sp³-hybridized carbons (Fsp3) is 0.357. The molecule has 6 heteroatoms. The fourth-order valence-electron chi connectivity index (χ4n) is 2.74. The minimum atomic E-state index is -0.0829. The summed E-state index contributed by atoms with van der Waals surface area (Å²) < 4.78 is 3.87. The van der Waals surface area contributed by atoms with E-state index in [0.717, 1.165) is 29.4 Å². The molecule has 0 bridgehead atoms. The molecule has 0 aliphatic heterocycles. The van der Waals surface area contributed by atoms with E-state index in [-0.39, 0.29) is 11.4 Å². The van der Waals surface area contributed by atoms with E-state index < -0.39 is 0 Å². The molecule has 3 rings (SSSR count). The van der Waals surface area contributed by atoms with E-state index >= 15 is 0 Å². The van der Waals surface area contributed by atoms with Gasteiger partial charge in [0.1, 0.15) is 0 Å². The van der Waals surface area contributed by atoms with E-state index in [1.54, 1.807) is 2.71 Å². The maximum absolute atomic E-state index is 12.5. The van der Waals surface area contributed by atoms with E-state index in [1.807, 2.05) is 31.3 Å². The van der Waals surface area contributed by atoms with Gasteiger partial charge in [0.05, 0.1) is 0 Å². The van der Waals surface area contributed by atoms with Gasteiger partial charge >= 0.3 is 136 Å². The van der Waals surface area contributed by atoms with Crippen LogP contribution in [0.15, 0.2) is 24.3 Å². The number of hydrogen-bond acceptors (Lipinski definition) is 2. The summed E-state index contributed by atoms with van der Waals surface area (Å²) in [5.74, 6) is 0.0613. The molecule has 2 aromatic rings. The summed E-state index contributed by atoms with van der Waals surface area (Å²) in [6.07, 6.45) is 2.06. The number of benzene rings is 1. The first-order chi connectivity index (χ1) is 9.48. The Morgan fingerprint density at radius 1 is 1.50 bits per heavy atom. The topological polar surface area (TPSA) is 51.3 Å². The van der Waals surface area contributed by atoms with Crippen molar-refractivity contribution in [3.8, 4) is 0 Å². The Balaban J connectivity index is 2.28. The number of carbonyl (C=O) groups is 1. The van der Waals surface area contributed by atoms with Gasteiger partial charge in [0.15, 0.2) is 0 Å². The van der Waals surface area contributed by atoms with Crippen molar-refractivity contribution < 1.29 is 4.79 Å². The third-order valence-electron chi connectivity index (χ3n) is 4.03. The van der Waals surface area contributed by atoms with E-state index in [0.29, 0.717) is 38.1 Å². The second-order valence-corrected chi connectivity index (χ2v) is 8.08. The first-order valence-electron chi connectivity index (χ1n) is 6.59. The molecule has 0 saturated heterocycles. The van der Waals surface area contributed by atoms with Gasteiger partial charge in [0.2, 0.25) is 0 Å². The zero-order valence-corrected chi connectivity index (χ0v) is 15.3. The van der Waals surface area contributed by atoms with E-state index in [9.17, 15) is 4.79 Å². The zero-order valence-electron chi connectivity index (χ0n) is 11.4. The van der Waals surface area contributed by atoms with Crippen LogP contribution in [0.3, 0.4) is 0 Å². The molecule has 1 aliphatic carbocycles. The Hall–Kier alpha value is -0.823. The van der Waals surface area contributed by atoms with Crippen LogP contribution in [-0.2, 0) is 5.54 Å². The van der Waals surface area contributed by atoms with E-state index in [1.165, 1.54) is 0 Å². The van der Waals surface area contributed by atoms with E-state index in [2.05, 4.69) is 4.57 Å². The third-order valence-corrected chi connectivity index (χ3v) is 4.82. The number of fused-ring (bicyclic) bond motifs is 1. The summed E-state index contributed by atoms with van der Waals surface area (Å²) in [5.41, 5.74) is 8.37. The molecule has 2 N–H and O–H groups in total. The molecule has 20 heavy (non-hydrogen) atoms. The van der Waals surface area contributed by atoms with Gasteiger partial charge in [-0.1, -0.05) is 0 Å². The van der Waals surface area contributed by atoms with Crippen LogP contribution < -0.4 is 11.2 Å². The normalized spacial score (nSPS) is 16.4. The molecule has 1 aliphatic rings. The number of amides is 1. The Bertz CT molecular complexity index is 691. The Morgan fingerprint density at radius 2 is 2.20 bits per heavy atom. The Labute approximate surface area is 135 Å². The van der Waals surface area contributed by atoms with Gasteiger partial charge in [-0.2, -0.15) is 0 Å². The molecule has 4 nitrogen and oxygen atoms in total. The van der Waals surface area contributed by atoms with Crippen molar-refractivity contribution in [3.63, 3.8) is 0 Å². The van der Waals surface area contributed by atoms with Gasteiger partial charge in [0, 0.05) is 0 Å². The predicted molar refractivity (Wildman–Crippen MR) is 81.4 cm³/mol. The first-order valence-corrected chi connectivity index (χ1v) is 8.33. The van der Waals surface area contributed by atoms with E-state index in [4.69, 9.17) is 13.6 Å². The van der Waals surface area contributed by atoms with Crippen LogP contribution in [0, 0.1) is 0 Å². The number of carbonyl (C=O) groups excluding carboxylic acids is 1. The number of nitrogens with zero attached hydrogens (tertiary/aromatic N) is 2. The Kier molecular flexibility index (Phi) is 3.44.